The molecule has 0 bridgehead atoms. The van der Waals surface area contributed by atoms with Crippen LogP contribution in [-0.4, -0.2) is 39.0 Å². The highest BCUT2D eigenvalue weighted by Crippen LogP contribution is 2.39. The van der Waals surface area contributed by atoms with Crippen LogP contribution in [0.3, 0.4) is 0 Å². The number of methoxy groups -OCH3 is 1. The molecule has 1 aliphatic heterocycles. The van der Waals surface area contributed by atoms with Crippen molar-refractivity contribution in [3.8, 4) is 11.5 Å². The van der Waals surface area contributed by atoms with Crippen LogP contribution in [0.5, 0.6) is 11.5 Å². The van der Waals surface area contributed by atoms with Gasteiger partial charge in [0.2, 0.25) is 0 Å². The molecule has 1 atom stereocenters. The van der Waals surface area contributed by atoms with Gasteiger partial charge in [-0.25, -0.2) is 0 Å². The first kappa shape index (κ1) is 13.1. The van der Waals surface area contributed by atoms with Gasteiger partial charge in [0.1, 0.15) is 13.2 Å². The van der Waals surface area contributed by atoms with Crippen molar-refractivity contribution in [2.75, 3.05) is 33.9 Å². The molecule has 100 valence electrons. The van der Waals surface area contributed by atoms with Gasteiger partial charge in [0.05, 0.1) is 12.7 Å². The maximum Gasteiger partial charge on any atom is 0.167 e. The lowest BCUT2D eigenvalue weighted by molar-refractivity contribution is 0.138. The monoisotopic (exact) mass is 253 g/mol. The van der Waals surface area contributed by atoms with E-state index >= 15 is 0 Å². The first-order chi connectivity index (χ1) is 8.77. The number of nitrogens with one attached hydrogen (secondary N) is 1. The molecule has 0 aromatic heterocycles. The molecule has 1 aliphatic rings. The van der Waals surface area contributed by atoms with Crippen molar-refractivity contribution in [1.29, 1.82) is 0 Å². The standard InChI is InChI=1S/C13H19NO4/c1-14-7-10(15)12-9(8-16-2)3-4-11-13(12)18-6-5-17-11/h3-4,10,14-15H,5-8H2,1-2H3. The molecule has 5 heteroatoms. The Morgan fingerprint density at radius 1 is 1.39 bits per heavy atom. The molecule has 0 fully saturated rings. The fourth-order valence-electron chi connectivity index (χ4n) is 2.12. The Balaban J connectivity index is 2.42. The Hall–Kier alpha value is -1.30. The molecule has 1 unspecified atom stereocenters. The molecule has 0 aliphatic carbocycles. The molecule has 0 saturated carbocycles. The second kappa shape index (κ2) is 6.04. The van der Waals surface area contributed by atoms with Gasteiger partial charge >= 0.3 is 0 Å². The third-order valence-electron chi connectivity index (χ3n) is 2.87. The van der Waals surface area contributed by atoms with Gasteiger partial charge in [-0.15, -0.1) is 0 Å². The van der Waals surface area contributed by atoms with Crippen molar-refractivity contribution in [3.63, 3.8) is 0 Å². The number of benzene rings is 1. The summed E-state index contributed by atoms with van der Waals surface area (Å²) < 4.78 is 16.3. The van der Waals surface area contributed by atoms with Gasteiger partial charge < -0.3 is 24.6 Å². The van der Waals surface area contributed by atoms with E-state index in [1.165, 1.54) is 0 Å². The summed E-state index contributed by atoms with van der Waals surface area (Å²) in [7, 11) is 3.43. The predicted octanol–water partition coefficient (Wildman–Crippen LogP) is 0.857. The van der Waals surface area contributed by atoms with Gasteiger partial charge in [-0.1, -0.05) is 6.07 Å². The summed E-state index contributed by atoms with van der Waals surface area (Å²) in [4.78, 5) is 0. The fourth-order valence-corrected chi connectivity index (χ4v) is 2.12. The van der Waals surface area contributed by atoms with Crippen LogP contribution in [0.1, 0.15) is 17.2 Å². The zero-order valence-corrected chi connectivity index (χ0v) is 10.7. The lowest BCUT2D eigenvalue weighted by Gasteiger charge is -2.25. The Morgan fingerprint density at radius 3 is 2.89 bits per heavy atom. The minimum Gasteiger partial charge on any atom is -0.486 e. The maximum absolute atomic E-state index is 10.2. The van der Waals surface area contributed by atoms with Crippen molar-refractivity contribution in [2.24, 2.45) is 0 Å². The Morgan fingerprint density at radius 2 is 2.17 bits per heavy atom. The number of ether oxygens (including phenoxy) is 3. The van der Waals surface area contributed by atoms with E-state index < -0.39 is 6.10 Å². The van der Waals surface area contributed by atoms with Crippen LogP contribution in [0.15, 0.2) is 12.1 Å². The summed E-state index contributed by atoms with van der Waals surface area (Å²) in [6.07, 6.45) is -0.642. The lowest BCUT2D eigenvalue weighted by Crippen LogP contribution is -2.22. The van der Waals surface area contributed by atoms with E-state index in [2.05, 4.69) is 5.32 Å². The zero-order chi connectivity index (χ0) is 13.0. The summed E-state index contributed by atoms with van der Waals surface area (Å²) in [6, 6.07) is 3.77. The highest BCUT2D eigenvalue weighted by Gasteiger charge is 2.23. The van der Waals surface area contributed by atoms with Crippen molar-refractivity contribution < 1.29 is 19.3 Å². The average molecular weight is 253 g/mol. The van der Waals surface area contributed by atoms with E-state index in [-0.39, 0.29) is 0 Å². The number of likely N-dealkylation sites (N-methyl/N-ethyl adjacent to an activating group) is 1. The van der Waals surface area contributed by atoms with Crippen LogP contribution < -0.4 is 14.8 Å². The van der Waals surface area contributed by atoms with Crippen LogP contribution in [0.25, 0.3) is 0 Å². The Labute approximate surface area is 107 Å². The van der Waals surface area contributed by atoms with E-state index in [1.54, 1.807) is 14.2 Å². The first-order valence-corrected chi connectivity index (χ1v) is 6.01. The van der Waals surface area contributed by atoms with Crippen LogP contribution in [0.2, 0.25) is 0 Å². The van der Waals surface area contributed by atoms with Gasteiger partial charge in [-0.3, -0.25) is 0 Å². The summed E-state index contributed by atoms with van der Waals surface area (Å²) in [6.45, 7) is 1.93. The van der Waals surface area contributed by atoms with Gasteiger partial charge in [-0.05, 0) is 18.7 Å². The molecular weight excluding hydrogens is 234 g/mol. The van der Waals surface area contributed by atoms with Gasteiger partial charge in [0.15, 0.2) is 11.5 Å². The number of hydrogen-bond acceptors (Lipinski definition) is 5. The molecule has 0 saturated heterocycles. The number of hydrogen-bond donors (Lipinski definition) is 2. The third-order valence-corrected chi connectivity index (χ3v) is 2.87. The quantitative estimate of drug-likeness (QED) is 0.815. The fraction of sp³-hybridized carbons (Fsp3) is 0.538. The molecule has 0 spiro atoms. The van der Waals surface area contributed by atoms with Crippen LogP contribution in [-0.2, 0) is 11.3 Å². The largest absolute Gasteiger partial charge is 0.486 e. The molecule has 5 nitrogen and oxygen atoms in total. The minimum atomic E-state index is -0.642. The molecule has 1 aromatic carbocycles. The Bertz CT molecular complexity index is 408. The smallest absolute Gasteiger partial charge is 0.167 e. The Kier molecular flexibility index (Phi) is 4.41. The van der Waals surface area contributed by atoms with E-state index in [0.717, 1.165) is 11.1 Å². The average Bonchev–Trinajstić information content (AvgIpc) is 2.39. The molecule has 18 heavy (non-hydrogen) atoms. The molecule has 2 N–H and O–H groups in total. The van der Waals surface area contributed by atoms with E-state index in [1.807, 2.05) is 12.1 Å². The topological polar surface area (TPSA) is 60.0 Å². The van der Waals surface area contributed by atoms with Crippen molar-refractivity contribution >= 4 is 0 Å². The number of aliphatic hydroxyl groups excluding tert-OH is 1. The van der Waals surface area contributed by atoms with Gasteiger partial charge in [0.25, 0.3) is 0 Å². The van der Waals surface area contributed by atoms with Gasteiger partial charge in [-0.2, -0.15) is 0 Å². The number of rotatable bonds is 5. The SMILES string of the molecule is CNCC(O)c1c(COC)ccc2c1OCCO2. The van der Waals surface area contributed by atoms with E-state index in [9.17, 15) is 5.11 Å². The summed E-state index contributed by atoms with van der Waals surface area (Å²) in [5.74, 6) is 1.32. The highest BCUT2D eigenvalue weighted by atomic mass is 16.6. The molecule has 1 heterocycles. The lowest BCUT2D eigenvalue weighted by atomic mass is 10.00. The molecule has 2 rings (SSSR count). The summed E-state index contributed by atoms with van der Waals surface area (Å²) >= 11 is 0. The highest BCUT2D eigenvalue weighted by molar-refractivity contribution is 5.52. The van der Waals surface area contributed by atoms with E-state index in [4.69, 9.17) is 14.2 Å². The van der Waals surface area contributed by atoms with Crippen LogP contribution in [0.4, 0.5) is 0 Å². The normalized spacial score (nSPS) is 15.5. The summed E-state index contributed by atoms with van der Waals surface area (Å²) in [5.41, 5.74) is 1.67. The van der Waals surface area contributed by atoms with Crippen molar-refractivity contribution in [3.05, 3.63) is 23.3 Å². The first-order valence-electron chi connectivity index (χ1n) is 6.01. The second-order valence-corrected chi connectivity index (χ2v) is 4.17. The number of fused-ring (bicyclic) bond motifs is 1. The third kappa shape index (κ3) is 2.58. The molecule has 1 aromatic rings. The maximum atomic E-state index is 10.2. The van der Waals surface area contributed by atoms with Gasteiger partial charge in [0, 0.05) is 19.2 Å². The molecule has 0 amide bonds. The van der Waals surface area contributed by atoms with E-state index in [0.29, 0.717) is 37.9 Å². The second-order valence-electron chi connectivity index (χ2n) is 4.17. The molecule has 0 radical (unpaired) electrons. The number of aliphatic hydroxyl groups is 1. The minimum absolute atomic E-state index is 0.437. The van der Waals surface area contributed by atoms with Crippen molar-refractivity contribution in [2.45, 2.75) is 12.7 Å². The molecular formula is C13H19NO4. The van der Waals surface area contributed by atoms with Crippen LogP contribution >= 0.6 is 0 Å². The van der Waals surface area contributed by atoms with Crippen molar-refractivity contribution in [1.82, 2.24) is 5.32 Å². The van der Waals surface area contributed by atoms with Crippen LogP contribution in [0, 0.1) is 0 Å². The predicted molar refractivity (Wildman–Crippen MR) is 67.0 cm³/mol. The zero-order valence-electron chi connectivity index (χ0n) is 10.7. The summed E-state index contributed by atoms with van der Waals surface area (Å²) in [5, 5.41) is 13.2.